The lowest BCUT2D eigenvalue weighted by atomic mass is 9.77. The van der Waals surface area contributed by atoms with Gasteiger partial charge in [-0.1, -0.05) is 26.0 Å². The van der Waals surface area contributed by atoms with Crippen molar-refractivity contribution >= 4 is 23.5 Å². The molecule has 234 valence electrons. The highest BCUT2D eigenvalue weighted by Gasteiger charge is 2.51. The normalized spacial score (nSPS) is 19.8. The Balaban J connectivity index is 1.68. The third-order valence-electron chi connectivity index (χ3n) is 9.47. The van der Waals surface area contributed by atoms with Crippen LogP contribution in [-0.4, -0.2) is 72.6 Å². The topological polar surface area (TPSA) is 84.2 Å². The lowest BCUT2D eigenvalue weighted by molar-refractivity contribution is -0.0336. The van der Waals surface area contributed by atoms with Crippen LogP contribution in [0.15, 0.2) is 36.5 Å². The lowest BCUT2D eigenvalue weighted by Gasteiger charge is -2.32. The molecule has 4 heterocycles. The van der Waals surface area contributed by atoms with Crippen molar-refractivity contribution in [3.05, 3.63) is 47.8 Å². The fourth-order valence-corrected chi connectivity index (χ4v) is 6.03. The van der Waals surface area contributed by atoms with Crippen molar-refractivity contribution in [2.24, 2.45) is 5.41 Å². The number of rotatable bonds is 11. The number of aromatic nitrogens is 2. The fraction of sp³-hybridized carbons (Fsp3) is 0.618. The molecule has 1 unspecified atom stereocenters. The number of methoxy groups -OCH3 is 1. The van der Waals surface area contributed by atoms with Crippen LogP contribution < -0.4 is 5.46 Å². The van der Waals surface area contributed by atoms with Crippen LogP contribution in [-0.2, 0) is 36.5 Å². The summed E-state index contributed by atoms with van der Waals surface area (Å²) in [5.41, 5.74) is 5.03. The average molecular weight is 593 g/mol. The van der Waals surface area contributed by atoms with E-state index in [1.807, 2.05) is 19.2 Å². The van der Waals surface area contributed by atoms with Crippen LogP contribution in [0.1, 0.15) is 78.7 Å². The van der Waals surface area contributed by atoms with Gasteiger partial charge in [-0.05, 0) is 88.5 Å². The minimum absolute atomic E-state index is 0.0667. The molecule has 1 aromatic carbocycles. The zero-order chi connectivity index (χ0) is 31.0. The van der Waals surface area contributed by atoms with Crippen molar-refractivity contribution < 1.29 is 28.6 Å². The molecule has 5 rings (SSSR count). The Labute approximate surface area is 257 Å². The standard InChI is InChI=1S/C34H49BN2O6/c1-23(39-8)30-26(10-9-15-36-30)31-28(21-32(2,3)22-38)27-20-24(35-42-33(4,5)34(6,7)43-35)11-12-29(27)37(31)16-19-41-25-13-17-40-18-14-25/h9-12,15,20,23,25,38H,13-14,16-19,21-22H2,1-8H3. The zero-order valence-electron chi connectivity index (χ0n) is 27.2. The second-order valence-corrected chi connectivity index (χ2v) is 13.8. The van der Waals surface area contributed by atoms with Gasteiger partial charge in [0.05, 0.1) is 41.4 Å². The van der Waals surface area contributed by atoms with Crippen LogP contribution in [0.2, 0.25) is 0 Å². The highest BCUT2D eigenvalue weighted by Crippen LogP contribution is 2.41. The predicted octanol–water partition coefficient (Wildman–Crippen LogP) is 5.47. The van der Waals surface area contributed by atoms with Crippen LogP contribution in [0.5, 0.6) is 0 Å². The molecule has 0 bridgehead atoms. The van der Waals surface area contributed by atoms with E-state index in [0.717, 1.165) is 64.9 Å². The van der Waals surface area contributed by atoms with Crippen LogP contribution >= 0.6 is 0 Å². The smallest absolute Gasteiger partial charge is 0.399 e. The first-order chi connectivity index (χ1) is 20.4. The van der Waals surface area contributed by atoms with Crippen LogP contribution in [0, 0.1) is 5.41 Å². The molecule has 2 fully saturated rings. The minimum Gasteiger partial charge on any atom is -0.399 e. The Hall–Kier alpha value is -2.27. The summed E-state index contributed by atoms with van der Waals surface area (Å²) in [6, 6.07) is 10.6. The SMILES string of the molecule is COC(C)c1ncccc1-c1c(CC(C)(C)CO)c2cc(B3OC(C)(C)C(C)(C)O3)ccc2n1CCOC1CCOCC1. The zero-order valence-corrected chi connectivity index (χ0v) is 27.2. The van der Waals surface area contributed by atoms with Gasteiger partial charge in [-0.3, -0.25) is 4.98 Å². The van der Waals surface area contributed by atoms with Crippen molar-refractivity contribution in [2.75, 3.05) is 33.5 Å². The first-order valence-electron chi connectivity index (χ1n) is 15.7. The average Bonchev–Trinajstić information content (AvgIpc) is 3.40. The van der Waals surface area contributed by atoms with Crippen LogP contribution in [0.25, 0.3) is 22.2 Å². The van der Waals surface area contributed by atoms with Gasteiger partial charge in [0.1, 0.15) is 0 Å². The number of fused-ring (bicyclic) bond motifs is 1. The summed E-state index contributed by atoms with van der Waals surface area (Å²) >= 11 is 0. The summed E-state index contributed by atoms with van der Waals surface area (Å²) in [6.07, 6.45) is 4.36. The number of aliphatic hydroxyl groups excluding tert-OH is 1. The van der Waals surface area contributed by atoms with Crippen molar-refractivity contribution in [3.63, 3.8) is 0 Å². The van der Waals surface area contributed by atoms with Crippen molar-refractivity contribution in [2.45, 2.75) is 97.7 Å². The van der Waals surface area contributed by atoms with Crippen LogP contribution in [0.3, 0.4) is 0 Å². The maximum absolute atomic E-state index is 10.4. The van der Waals surface area contributed by atoms with Gasteiger partial charge in [-0.15, -0.1) is 0 Å². The van der Waals surface area contributed by atoms with Gasteiger partial charge in [0.2, 0.25) is 0 Å². The summed E-state index contributed by atoms with van der Waals surface area (Å²) in [6.45, 7) is 17.4. The molecule has 1 N–H and O–H groups in total. The van der Waals surface area contributed by atoms with E-state index in [9.17, 15) is 5.11 Å². The second-order valence-electron chi connectivity index (χ2n) is 13.8. The number of nitrogens with zero attached hydrogens (tertiary/aromatic N) is 2. The Morgan fingerprint density at radius 1 is 1.12 bits per heavy atom. The van der Waals surface area contributed by atoms with Crippen LogP contribution in [0.4, 0.5) is 0 Å². The van der Waals surface area contributed by atoms with Gasteiger partial charge in [-0.25, -0.2) is 0 Å². The molecule has 1 atom stereocenters. The van der Waals surface area contributed by atoms with E-state index in [2.05, 4.69) is 70.4 Å². The number of benzene rings is 1. The summed E-state index contributed by atoms with van der Waals surface area (Å²) in [5, 5.41) is 11.5. The first-order valence-corrected chi connectivity index (χ1v) is 15.7. The highest BCUT2D eigenvalue weighted by molar-refractivity contribution is 6.62. The quantitative estimate of drug-likeness (QED) is 0.296. The highest BCUT2D eigenvalue weighted by atomic mass is 16.7. The van der Waals surface area contributed by atoms with Gasteiger partial charge in [0.25, 0.3) is 0 Å². The molecule has 3 aromatic rings. The van der Waals surface area contributed by atoms with Gasteiger partial charge in [0.15, 0.2) is 0 Å². The predicted molar refractivity (Wildman–Crippen MR) is 171 cm³/mol. The number of pyridine rings is 1. The van der Waals surface area contributed by atoms with E-state index in [1.54, 1.807) is 7.11 Å². The van der Waals surface area contributed by atoms with E-state index in [4.69, 9.17) is 28.5 Å². The molecule has 0 aliphatic carbocycles. The molecule has 8 nitrogen and oxygen atoms in total. The summed E-state index contributed by atoms with van der Waals surface area (Å²) in [4.78, 5) is 4.79. The molecule has 2 saturated heterocycles. The van der Waals surface area contributed by atoms with E-state index < -0.39 is 18.3 Å². The molecule has 9 heteroatoms. The minimum atomic E-state index is -0.473. The molecular weight excluding hydrogens is 543 g/mol. The molecule has 0 radical (unpaired) electrons. The third kappa shape index (κ3) is 6.58. The molecule has 2 aliphatic rings. The van der Waals surface area contributed by atoms with Gasteiger partial charge in [0, 0.05) is 56.1 Å². The summed E-state index contributed by atoms with van der Waals surface area (Å²) in [7, 11) is 1.24. The first kappa shape index (κ1) is 32.1. The molecule has 43 heavy (non-hydrogen) atoms. The Morgan fingerprint density at radius 2 is 1.81 bits per heavy atom. The molecule has 0 spiro atoms. The van der Waals surface area contributed by atoms with Crippen molar-refractivity contribution in [3.8, 4) is 11.3 Å². The monoisotopic (exact) mass is 592 g/mol. The van der Waals surface area contributed by atoms with Crippen molar-refractivity contribution in [1.29, 1.82) is 0 Å². The third-order valence-corrected chi connectivity index (χ3v) is 9.47. The maximum Gasteiger partial charge on any atom is 0.494 e. The Bertz CT molecular complexity index is 1400. The fourth-order valence-electron chi connectivity index (χ4n) is 6.03. The largest absolute Gasteiger partial charge is 0.494 e. The van der Waals surface area contributed by atoms with E-state index >= 15 is 0 Å². The molecule has 0 amide bonds. The molecule has 2 aliphatic heterocycles. The summed E-state index contributed by atoms with van der Waals surface area (Å²) in [5.74, 6) is 0. The summed E-state index contributed by atoms with van der Waals surface area (Å²) < 4.78 is 33.0. The molecule has 2 aromatic heterocycles. The Morgan fingerprint density at radius 3 is 2.47 bits per heavy atom. The number of hydrogen-bond acceptors (Lipinski definition) is 7. The molecular formula is C34H49BN2O6. The van der Waals surface area contributed by atoms with Gasteiger partial charge < -0.3 is 33.2 Å². The van der Waals surface area contributed by atoms with Crippen molar-refractivity contribution in [1.82, 2.24) is 9.55 Å². The Kier molecular flexibility index (Phi) is 9.43. The van der Waals surface area contributed by atoms with Gasteiger partial charge in [-0.2, -0.15) is 0 Å². The number of aliphatic hydroxyl groups is 1. The van der Waals surface area contributed by atoms with E-state index in [0.29, 0.717) is 19.6 Å². The molecule has 0 saturated carbocycles. The van der Waals surface area contributed by atoms with E-state index in [1.165, 1.54) is 0 Å². The number of hydrogen-bond donors (Lipinski definition) is 1. The van der Waals surface area contributed by atoms with E-state index in [-0.39, 0.29) is 24.2 Å². The number of ether oxygens (including phenoxy) is 3. The second kappa shape index (κ2) is 12.6. The van der Waals surface area contributed by atoms with Gasteiger partial charge >= 0.3 is 7.12 Å². The lowest BCUT2D eigenvalue weighted by Crippen LogP contribution is -2.41. The maximum atomic E-state index is 10.4.